The molecule has 1 heterocycles. The van der Waals surface area contributed by atoms with Crippen molar-refractivity contribution in [2.24, 2.45) is 5.92 Å². The minimum absolute atomic E-state index is 0.211. The van der Waals surface area contributed by atoms with Crippen LogP contribution in [0.15, 0.2) is 17.0 Å². The third-order valence-electron chi connectivity index (χ3n) is 3.84. The lowest BCUT2D eigenvalue weighted by molar-refractivity contribution is 0.278. The van der Waals surface area contributed by atoms with Gasteiger partial charge >= 0.3 is 0 Å². The molecule has 20 heavy (non-hydrogen) atoms. The average molecular weight is 318 g/mol. The van der Waals surface area contributed by atoms with Crippen molar-refractivity contribution in [1.29, 1.82) is 0 Å². The SMILES string of the molecule is Cc1c(CO)cc(Cl)cc1S(=O)(=O)N1CCCC(C)C1. The van der Waals surface area contributed by atoms with Crippen LogP contribution in [0.3, 0.4) is 0 Å². The summed E-state index contributed by atoms with van der Waals surface area (Å²) in [7, 11) is -3.54. The molecule has 0 saturated carbocycles. The van der Waals surface area contributed by atoms with Gasteiger partial charge in [-0.1, -0.05) is 18.5 Å². The number of benzene rings is 1. The standard InChI is InChI=1S/C14H20ClNO3S/c1-10-4-3-5-16(8-10)20(18,19)14-7-13(15)6-12(9-17)11(14)2/h6-7,10,17H,3-5,8-9H2,1-2H3. The highest BCUT2D eigenvalue weighted by Crippen LogP contribution is 2.29. The Morgan fingerprint density at radius 1 is 1.45 bits per heavy atom. The van der Waals surface area contributed by atoms with Gasteiger partial charge in [0.1, 0.15) is 0 Å². The first-order valence-corrected chi connectivity index (χ1v) is 8.58. The molecule has 1 atom stereocenters. The van der Waals surface area contributed by atoms with E-state index in [-0.39, 0.29) is 11.5 Å². The van der Waals surface area contributed by atoms with Gasteiger partial charge in [-0.05, 0) is 48.9 Å². The molecular weight excluding hydrogens is 298 g/mol. The number of piperidine rings is 1. The number of hydrogen-bond acceptors (Lipinski definition) is 3. The third kappa shape index (κ3) is 3.01. The Hall–Kier alpha value is -0.620. The van der Waals surface area contributed by atoms with Crippen molar-refractivity contribution in [3.8, 4) is 0 Å². The van der Waals surface area contributed by atoms with Gasteiger partial charge in [-0.25, -0.2) is 8.42 Å². The number of hydrogen-bond donors (Lipinski definition) is 1. The van der Waals surface area contributed by atoms with Gasteiger partial charge in [-0.2, -0.15) is 4.31 Å². The number of nitrogens with zero attached hydrogens (tertiary/aromatic N) is 1. The van der Waals surface area contributed by atoms with Gasteiger partial charge in [0.25, 0.3) is 0 Å². The van der Waals surface area contributed by atoms with Crippen molar-refractivity contribution in [2.45, 2.75) is 38.2 Å². The molecule has 0 spiro atoms. The maximum Gasteiger partial charge on any atom is 0.243 e. The normalized spacial score (nSPS) is 21.1. The first-order valence-electron chi connectivity index (χ1n) is 6.76. The second-order valence-electron chi connectivity index (χ2n) is 5.46. The Balaban J connectivity index is 2.46. The van der Waals surface area contributed by atoms with Crippen LogP contribution in [0.25, 0.3) is 0 Å². The Morgan fingerprint density at radius 2 is 2.15 bits per heavy atom. The van der Waals surface area contributed by atoms with Crippen molar-refractivity contribution < 1.29 is 13.5 Å². The molecule has 0 aromatic heterocycles. The highest BCUT2D eigenvalue weighted by molar-refractivity contribution is 7.89. The van der Waals surface area contributed by atoms with Gasteiger partial charge in [0.15, 0.2) is 0 Å². The minimum Gasteiger partial charge on any atom is -0.392 e. The number of aliphatic hydroxyl groups is 1. The van der Waals surface area contributed by atoms with Crippen LogP contribution in [-0.2, 0) is 16.6 Å². The number of rotatable bonds is 3. The summed E-state index contributed by atoms with van der Waals surface area (Å²) in [5.41, 5.74) is 1.14. The fraction of sp³-hybridized carbons (Fsp3) is 0.571. The van der Waals surface area contributed by atoms with E-state index in [9.17, 15) is 13.5 Å². The van der Waals surface area contributed by atoms with E-state index in [1.807, 2.05) is 0 Å². The smallest absolute Gasteiger partial charge is 0.243 e. The largest absolute Gasteiger partial charge is 0.392 e. The quantitative estimate of drug-likeness (QED) is 0.932. The zero-order valence-electron chi connectivity index (χ0n) is 11.8. The van der Waals surface area contributed by atoms with Crippen LogP contribution in [-0.4, -0.2) is 30.9 Å². The molecule has 1 aromatic rings. The van der Waals surface area contributed by atoms with Gasteiger partial charge in [0.05, 0.1) is 11.5 Å². The summed E-state index contributed by atoms with van der Waals surface area (Å²) in [6.07, 6.45) is 1.94. The predicted octanol–water partition coefficient (Wildman–Crippen LogP) is 2.56. The van der Waals surface area contributed by atoms with Crippen LogP contribution in [0.2, 0.25) is 5.02 Å². The Kier molecular flexibility index (Phi) is 4.74. The lowest BCUT2D eigenvalue weighted by Crippen LogP contribution is -2.39. The molecule has 1 aromatic carbocycles. The molecule has 0 amide bonds. The van der Waals surface area contributed by atoms with E-state index < -0.39 is 10.0 Å². The molecule has 0 bridgehead atoms. The van der Waals surface area contributed by atoms with E-state index in [1.54, 1.807) is 13.0 Å². The average Bonchev–Trinajstić information content (AvgIpc) is 2.40. The van der Waals surface area contributed by atoms with Crippen molar-refractivity contribution in [1.82, 2.24) is 4.31 Å². The summed E-state index contributed by atoms with van der Waals surface area (Å²) in [6, 6.07) is 3.08. The maximum atomic E-state index is 12.8. The molecule has 0 radical (unpaired) electrons. The second kappa shape index (κ2) is 6.02. The van der Waals surface area contributed by atoms with Crippen molar-refractivity contribution >= 4 is 21.6 Å². The van der Waals surface area contributed by atoms with Gasteiger partial charge in [0.2, 0.25) is 10.0 Å². The van der Waals surface area contributed by atoms with Crippen molar-refractivity contribution in [3.05, 3.63) is 28.3 Å². The monoisotopic (exact) mass is 317 g/mol. The molecule has 1 fully saturated rings. The first kappa shape index (κ1) is 15.8. The Labute approximate surface area is 125 Å². The van der Waals surface area contributed by atoms with Crippen LogP contribution in [0.4, 0.5) is 0 Å². The van der Waals surface area contributed by atoms with E-state index >= 15 is 0 Å². The second-order valence-corrected chi connectivity index (χ2v) is 7.80. The summed E-state index contributed by atoms with van der Waals surface area (Å²) in [5, 5.41) is 9.65. The molecule has 1 N–H and O–H groups in total. The van der Waals surface area contributed by atoms with Crippen molar-refractivity contribution in [3.63, 3.8) is 0 Å². The van der Waals surface area contributed by atoms with Gasteiger partial charge in [-0.15, -0.1) is 0 Å². The lowest BCUT2D eigenvalue weighted by Gasteiger charge is -2.30. The summed E-state index contributed by atoms with van der Waals surface area (Å²) in [5.74, 6) is 0.371. The van der Waals surface area contributed by atoms with Crippen molar-refractivity contribution in [2.75, 3.05) is 13.1 Å². The number of halogens is 1. The first-order chi connectivity index (χ1) is 9.36. The maximum absolute atomic E-state index is 12.8. The van der Waals surface area contributed by atoms with Crippen LogP contribution in [0.1, 0.15) is 30.9 Å². The minimum atomic E-state index is -3.54. The summed E-state index contributed by atoms with van der Waals surface area (Å²) >= 11 is 5.98. The van der Waals surface area contributed by atoms with E-state index in [4.69, 9.17) is 11.6 Å². The molecule has 1 saturated heterocycles. The Bertz CT molecular complexity index is 601. The van der Waals surface area contributed by atoms with Gasteiger partial charge in [-0.3, -0.25) is 0 Å². The molecular formula is C14H20ClNO3S. The molecule has 4 nitrogen and oxygen atoms in total. The highest BCUT2D eigenvalue weighted by Gasteiger charge is 2.30. The van der Waals surface area contributed by atoms with E-state index in [2.05, 4.69) is 6.92 Å². The van der Waals surface area contributed by atoms with Gasteiger partial charge < -0.3 is 5.11 Å². The molecule has 1 aliphatic rings. The third-order valence-corrected chi connectivity index (χ3v) is 6.05. The zero-order chi connectivity index (χ0) is 14.9. The van der Waals surface area contributed by atoms with E-state index in [1.165, 1.54) is 10.4 Å². The fourth-order valence-corrected chi connectivity index (χ4v) is 4.84. The molecule has 0 aliphatic carbocycles. The van der Waals surface area contributed by atoms with Gasteiger partial charge in [0, 0.05) is 18.1 Å². The Morgan fingerprint density at radius 3 is 2.75 bits per heavy atom. The van der Waals surface area contributed by atoms with Crippen LogP contribution >= 0.6 is 11.6 Å². The van der Waals surface area contributed by atoms with Crippen LogP contribution in [0.5, 0.6) is 0 Å². The van der Waals surface area contributed by atoms with E-state index in [0.29, 0.717) is 35.2 Å². The summed E-state index contributed by atoms with van der Waals surface area (Å²) in [6.45, 7) is 4.65. The molecule has 1 unspecified atom stereocenters. The molecule has 112 valence electrons. The summed E-state index contributed by atoms with van der Waals surface area (Å²) in [4.78, 5) is 0.211. The zero-order valence-corrected chi connectivity index (χ0v) is 13.3. The van der Waals surface area contributed by atoms with E-state index in [0.717, 1.165) is 12.8 Å². The topological polar surface area (TPSA) is 57.6 Å². The molecule has 2 rings (SSSR count). The predicted molar refractivity (Wildman–Crippen MR) is 79.3 cm³/mol. The lowest BCUT2D eigenvalue weighted by atomic mass is 10.0. The number of sulfonamides is 1. The van der Waals surface area contributed by atoms with Crippen LogP contribution < -0.4 is 0 Å². The molecule has 1 aliphatic heterocycles. The fourth-order valence-electron chi connectivity index (χ4n) is 2.64. The van der Waals surface area contributed by atoms with Crippen LogP contribution in [0, 0.1) is 12.8 Å². The summed E-state index contributed by atoms with van der Waals surface area (Å²) < 4.78 is 27.0. The number of aliphatic hydroxyl groups excluding tert-OH is 1. The molecule has 6 heteroatoms. The highest BCUT2D eigenvalue weighted by atomic mass is 35.5.